The summed E-state index contributed by atoms with van der Waals surface area (Å²) in [7, 11) is 2.02. The van der Waals surface area contributed by atoms with Crippen LogP contribution in [0.4, 0.5) is 17.1 Å². The van der Waals surface area contributed by atoms with Gasteiger partial charge in [0.25, 0.3) is 0 Å². The van der Waals surface area contributed by atoms with Gasteiger partial charge in [-0.3, -0.25) is 4.79 Å². The first-order valence-corrected chi connectivity index (χ1v) is 9.26. The zero-order valence-electron chi connectivity index (χ0n) is 16.1. The molecular formula is C22H27N3O. The summed E-state index contributed by atoms with van der Waals surface area (Å²) in [6.07, 6.45) is 4.47. The van der Waals surface area contributed by atoms with Gasteiger partial charge >= 0.3 is 0 Å². The van der Waals surface area contributed by atoms with E-state index >= 15 is 0 Å². The topological polar surface area (TPSA) is 44.7 Å². The molecule has 1 N–H and O–H groups in total. The zero-order valence-corrected chi connectivity index (χ0v) is 16.1. The fourth-order valence-electron chi connectivity index (χ4n) is 3.20. The van der Waals surface area contributed by atoms with Crippen LogP contribution in [-0.2, 0) is 6.42 Å². The lowest BCUT2D eigenvalue weighted by Gasteiger charge is -2.17. The van der Waals surface area contributed by atoms with Gasteiger partial charge in [0, 0.05) is 37.0 Å². The highest BCUT2D eigenvalue weighted by molar-refractivity contribution is 5.99. The van der Waals surface area contributed by atoms with Gasteiger partial charge in [0.15, 0.2) is 5.78 Å². The lowest BCUT2D eigenvalue weighted by atomic mass is 9.90. The minimum atomic E-state index is 0.268. The predicted octanol–water partition coefficient (Wildman–Crippen LogP) is 5.18. The van der Waals surface area contributed by atoms with Gasteiger partial charge < -0.3 is 10.2 Å². The fourth-order valence-corrected chi connectivity index (χ4v) is 3.20. The largest absolute Gasteiger partial charge is 0.366 e. The zero-order chi connectivity index (χ0) is 18.7. The second kappa shape index (κ2) is 7.73. The standard InChI is InChI=1S/C22H27N3O/c1-5-25(4)14-23-20-11-16(3)21(12-15(20)2)24-18-9-10-19-17(13-18)7-6-8-22(19)26/h9-14,24H,5-8H2,1-4H3. The molecule has 0 unspecified atom stereocenters. The maximum Gasteiger partial charge on any atom is 0.163 e. The van der Waals surface area contributed by atoms with Crippen molar-refractivity contribution < 1.29 is 4.79 Å². The van der Waals surface area contributed by atoms with Crippen LogP contribution in [0.15, 0.2) is 35.3 Å². The third-order valence-corrected chi connectivity index (χ3v) is 4.97. The normalized spacial score (nSPS) is 13.8. The van der Waals surface area contributed by atoms with Gasteiger partial charge in [-0.05, 0) is 80.6 Å². The van der Waals surface area contributed by atoms with Crippen LogP contribution in [0.2, 0.25) is 0 Å². The molecule has 2 aromatic rings. The smallest absolute Gasteiger partial charge is 0.163 e. The van der Waals surface area contributed by atoms with Gasteiger partial charge in [-0.25, -0.2) is 4.99 Å². The van der Waals surface area contributed by atoms with Crippen molar-refractivity contribution in [2.24, 2.45) is 4.99 Å². The van der Waals surface area contributed by atoms with Gasteiger partial charge in [0.2, 0.25) is 0 Å². The predicted molar refractivity (Wildman–Crippen MR) is 109 cm³/mol. The van der Waals surface area contributed by atoms with Crippen LogP contribution < -0.4 is 5.32 Å². The molecule has 0 spiro atoms. The summed E-state index contributed by atoms with van der Waals surface area (Å²) < 4.78 is 0. The Hall–Kier alpha value is -2.62. The van der Waals surface area contributed by atoms with E-state index in [9.17, 15) is 4.79 Å². The van der Waals surface area contributed by atoms with Crippen molar-refractivity contribution in [3.63, 3.8) is 0 Å². The molecule has 0 saturated heterocycles. The number of carbonyl (C=O) groups is 1. The summed E-state index contributed by atoms with van der Waals surface area (Å²) in [5, 5.41) is 3.51. The van der Waals surface area contributed by atoms with E-state index < -0.39 is 0 Å². The van der Waals surface area contributed by atoms with Gasteiger partial charge in [-0.2, -0.15) is 0 Å². The summed E-state index contributed by atoms with van der Waals surface area (Å²) in [6.45, 7) is 7.20. The number of hydrogen-bond donors (Lipinski definition) is 1. The molecule has 4 nitrogen and oxygen atoms in total. The summed E-state index contributed by atoms with van der Waals surface area (Å²) in [5.41, 5.74) is 7.42. The van der Waals surface area contributed by atoms with E-state index in [4.69, 9.17) is 0 Å². The van der Waals surface area contributed by atoms with E-state index in [1.165, 1.54) is 0 Å². The lowest BCUT2D eigenvalue weighted by Crippen LogP contribution is -2.14. The highest BCUT2D eigenvalue weighted by atomic mass is 16.1. The Kier molecular flexibility index (Phi) is 5.40. The molecule has 3 rings (SSSR count). The number of carbonyl (C=O) groups excluding carboxylic acids is 1. The average Bonchev–Trinajstić information content (AvgIpc) is 2.63. The second-order valence-electron chi connectivity index (χ2n) is 7.05. The first-order chi connectivity index (χ1) is 12.5. The number of rotatable bonds is 5. The van der Waals surface area contributed by atoms with Gasteiger partial charge in [-0.15, -0.1) is 0 Å². The number of hydrogen-bond acceptors (Lipinski definition) is 3. The molecule has 0 bridgehead atoms. The minimum Gasteiger partial charge on any atom is -0.366 e. The Labute approximate surface area is 155 Å². The average molecular weight is 349 g/mol. The van der Waals surface area contributed by atoms with Gasteiger partial charge in [0.05, 0.1) is 12.0 Å². The van der Waals surface area contributed by atoms with Crippen LogP contribution in [0.3, 0.4) is 0 Å². The third-order valence-electron chi connectivity index (χ3n) is 4.97. The Morgan fingerprint density at radius 2 is 1.96 bits per heavy atom. The summed E-state index contributed by atoms with van der Waals surface area (Å²) in [6, 6.07) is 10.3. The third kappa shape index (κ3) is 3.96. The van der Waals surface area contributed by atoms with Crippen molar-refractivity contribution in [3.05, 3.63) is 52.6 Å². The second-order valence-corrected chi connectivity index (χ2v) is 7.05. The molecule has 0 amide bonds. The van der Waals surface area contributed by atoms with E-state index in [-0.39, 0.29) is 5.78 Å². The molecular weight excluding hydrogens is 322 g/mol. The lowest BCUT2D eigenvalue weighted by molar-refractivity contribution is 0.0972. The number of nitrogens with one attached hydrogen (secondary N) is 1. The molecule has 0 atom stereocenters. The van der Waals surface area contributed by atoms with Crippen molar-refractivity contribution in [2.45, 2.75) is 40.0 Å². The molecule has 0 saturated carbocycles. The number of aliphatic imine (C=N–C) groups is 1. The van der Waals surface area contributed by atoms with E-state index in [0.717, 1.165) is 58.7 Å². The van der Waals surface area contributed by atoms with Crippen LogP contribution in [0.1, 0.15) is 46.8 Å². The first-order valence-electron chi connectivity index (χ1n) is 9.26. The maximum absolute atomic E-state index is 12.0. The number of benzene rings is 2. The van der Waals surface area contributed by atoms with Crippen molar-refractivity contribution in [2.75, 3.05) is 18.9 Å². The van der Waals surface area contributed by atoms with Crippen molar-refractivity contribution >= 4 is 29.2 Å². The van der Waals surface area contributed by atoms with Crippen molar-refractivity contribution in [1.29, 1.82) is 0 Å². The number of nitrogens with zero attached hydrogens (tertiary/aromatic N) is 2. The number of Topliss-reactive ketones (excluding diaryl/α,β-unsaturated/α-hetero) is 1. The van der Waals surface area contributed by atoms with Crippen LogP contribution in [0.25, 0.3) is 0 Å². The Morgan fingerprint density at radius 1 is 1.15 bits per heavy atom. The number of anilines is 2. The summed E-state index contributed by atoms with van der Waals surface area (Å²) >= 11 is 0. The van der Waals surface area contributed by atoms with E-state index in [0.29, 0.717) is 6.42 Å². The molecule has 0 heterocycles. The molecule has 0 aromatic heterocycles. The van der Waals surface area contributed by atoms with Gasteiger partial charge in [-0.1, -0.05) is 0 Å². The molecule has 26 heavy (non-hydrogen) atoms. The molecule has 1 aliphatic carbocycles. The summed E-state index contributed by atoms with van der Waals surface area (Å²) in [4.78, 5) is 18.6. The number of fused-ring (bicyclic) bond motifs is 1. The Bertz CT molecular complexity index is 855. The van der Waals surface area contributed by atoms with E-state index in [1.807, 2.05) is 25.5 Å². The molecule has 136 valence electrons. The maximum atomic E-state index is 12.0. The monoisotopic (exact) mass is 349 g/mol. The molecule has 0 aliphatic heterocycles. The highest BCUT2D eigenvalue weighted by Crippen LogP contribution is 2.30. The van der Waals surface area contributed by atoms with E-state index in [2.05, 4.69) is 54.2 Å². The minimum absolute atomic E-state index is 0.268. The van der Waals surface area contributed by atoms with Crippen LogP contribution in [0, 0.1) is 13.8 Å². The van der Waals surface area contributed by atoms with Crippen molar-refractivity contribution in [3.8, 4) is 0 Å². The van der Waals surface area contributed by atoms with Gasteiger partial charge in [0.1, 0.15) is 0 Å². The van der Waals surface area contributed by atoms with E-state index in [1.54, 1.807) is 0 Å². The summed E-state index contributed by atoms with van der Waals surface area (Å²) in [5.74, 6) is 0.268. The molecule has 0 fully saturated rings. The Balaban J connectivity index is 1.83. The molecule has 2 aromatic carbocycles. The highest BCUT2D eigenvalue weighted by Gasteiger charge is 2.17. The SMILES string of the molecule is CCN(C)C=Nc1cc(C)c(Nc2ccc3c(c2)CCCC3=O)cc1C. The fraction of sp³-hybridized carbons (Fsp3) is 0.364. The van der Waals surface area contributed by atoms with Crippen LogP contribution in [0.5, 0.6) is 0 Å². The molecule has 4 heteroatoms. The number of ketones is 1. The molecule has 0 radical (unpaired) electrons. The van der Waals surface area contributed by atoms with Crippen LogP contribution in [-0.4, -0.2) is 30.6 Å². The quantitative estimate of drug-likeness (QED) is 0.598. The Morgan fingerprint density at radius 3 is 2.73 bits per heavy atom. The first kappa shape index (κ1) is 18.2. The van der Waals surface area contributed by atoms with Crippen molar-refractivity contribution in [1.82, 2.24) is 4.90 Å². The van der Waals surface area contributed by atoms with Crippen LogP contribution >= 0.6 is 0 Å². The number of aryl methyl sites for hydroxylation is 3. The molecule has 1 aliphatic rings.